The minimum atomic E-state index is -0.0869. The zero-order valence-electron chi connectivity index (χ0n) is 7.04. The van der Waals surface area contributed by atoms with Gasteiger partial charge in [0.2, 0.25) is 0 Å². The topological polar surface area (TPSA) is 23.5 Å². The van der Waals surface area contributed by atoms with Crippen molar-refractivity contribution in [2.45, 2.75) is 20.0 Å². The minimum Gasteiger partial charge on any atom is -0.392 e. The van der Waals surface area contributed by atoms with Crippen LogP contribution in [-0.2, 0) is 0 Å². The van der Waals surface area contributed by atoms with E-state index in [1.165, 1.54) is 0 Å². The molecule has 1 fully saturated rings. The summed E-state index contributed by atoms with van der Waals surface area (Å²) in [6.45, 7) is 6.28. The van der Waals surface area contributed by atoms with Crippen LogP contribution in [0.25, 0.3) is 0 Å². The molecule has 60 valence electrons. The van der Waals surface area contributed by atoms with E-state index in [1.807, 2.05) is 0 Å². The fourth-order valence-electron chi connectivity index (χ4n) is 1.83. The molecular weight excluding hydrogens is 126 g/mol. The monoisotopic (exact) mass is 143 g/mol. The summed E-state index contributed by atoms with van der Waals surface area (Å²) in [5.74, 6) is 0.877. The summed E-state index contributed by atoms with van der Waals surface area (Å²) in [6.07, 6.45) is -0.0869. The van der Waals surface area contributed by atoms with Crippen LogP contribution in [0.4, 0.5) is 0 Å². The second-order valence-electron chi connectivity index (χ2n) is 3.67. The molecule has 0 aliphatic carbocycles. The Morgan fingerprint density at radius 3 is 2.00 bits per heavy atom. The number of likely N-dealkylation sites (tertiary alicyclic amines) is 1. The number of hydrogen-bond donors (Lipinski definition) is 1. The highest BCUT2D eigenvalue weighted by molar-refractivity contribution is 4.80. The van der Waals surface area contributed by atoms with Gasteiger partial charge in [-0.2, -0.15) is 0 Å². The molecule has 0 bridgehead atoms. The predicted molar refractivity (Wildman–Crippen MR) is 41.8 cm³/mol. The van der Waals surface area contributed by atoms with E-state index in [4.69, 9.17) is 0 Å². The van der Waals surface area contributed by atoms with Crippen LogP contribution in [0.15, 0.2) is 0 Å². The molecule has 0 aromatic rings. The van der Waals surface area contributed by atoms with Gasteiger partial charge in [0.05, 0.1) is 6.10 Å². The molecule has 0 aromatic heterocycles. The second-order valence-corrected chi connectivity index (χ2v) is 3.67. The number of piperidine rings is 1. The summed E-state index contributed by atoms with van der Waals surface area (Å²) in [6, 6.07) is 0. The molecule has 1 rings (SSSR count). The number of aliphatic hydroxyl groups excluding tert-OH is 1. The van der Waals surface area contributed by atoms with Gasteiger partial charge in [-0.1, -0.05) is 13.8 Å². The fourth-order valence-corrected chi connectivity index (χ4v) is 1.83. The first-order valence-electron chi connectivity index (χ1n) is 3.98. The Labute approximate surface area is 62.8 Å². The lowest BCUT2D eigenvalue weighted by Gasteiger charge is -2.36. The number of rotatable bonds is 0. The van der Waals surface area contributed by atoms with Crippen molar-refractivity contribution in [1.82, 2.24) is 4.90 Å². The van der Waals surface area contributed by atoms with Crippen LogP contribution in [-0.4, -0.2) is 36.2 Å². The third-order valence-corrected chi connectivity index (χ3v) is 2.37. The van der Waals surface area contributed by atoms with Crippen LogP contribution in [0.1, 0.15) is 13.8 Å². The fraction of sp³-hybridized carbons (Fsp3) is 1.00. The number of nitrogens with zero attached hydrogens (tertiary/aromatic N) is 1. The van der Waals surface area contributed by atoms with Crippen LogP contribution in [0.2, 0.25) is 0 Å². The number of hydrogen-bond acceptors (Lipinski definition) is 2. The van der Waals surface area contributed by atoms with Gasteiger partial charge in [0.25, 0.3) is 0 Å². The lowest BCUT2D eigenvalue weighted by Crippen LogP contribution is -2.45. The summed E-state index contributed by atoms with van der Waals surface area (Å²) in [5.41, 5.74) is 0. The van der Waals surface area contributed by atoms with Crippen LogP contribution in [0.5, 0.6) is 0 Å². The largest absolute Gasteiger partial charge is 0.392 e. The normalized spacial score (nSPS) is 38.4. The summed E-state index contributed by atoms with van der Waals surface area (Å²) in [4.78, 5) is 2.28. The van der Waals surface area contributed by atoms with Crippen molar-refractivity contribution < 1.29 is 5.11 Å². The quantitative estimate of drug-likeness (QED) is 0.536. The van der Waals surface area contributed by atoms with E-state index in [2.05, 4.69) is 25.8 Å². The molecule has 1 N–H and O–H groups in total. The molecule has 2 heteroatoms. The molecule has 0 saturated carbocycles. The average molecular weight is 143 g/mol. The smallest absolute Gasteiger partial charge is 0.0615 e. The van der Waals surface area contributed by atoms with Gasteiger partial charge in [-0.05, 0) is 18.9 Å². The van der Waals surface area contributed by atoms with E-state index in [9.17, 15) is 5.11 Å². The Morgan fingerprint density at radius 1 is 1.20 bits per heavy atom. The van der Waals surface area contributed by atoms with Gasteiger partial charge in [-0.15, -0.1) is 0 Å². The highest BCUT2D eigenvalue weighted by Gasteiger charge is 2.27. The molecule has 1 aliphatic heterocycles. The zero-order chi connectivity index (χ0) is 7.72. The van der Waals surface area contributed by atoms with E-state index in [1.54, 1.807) is 0 Å². The van der Waals surface area contributed by atoms with Gasteiger partial charge in [0, 0.05) is 13.1 Å². The molecule has 2 atom stereocenters. The Kier molecular flexibility index (Phi) is 2.32. The minimum absolute atomic E-state index is 0.0869. The summed E-state index contributed by atoms with van der Waals surface area (Å²) in [5, 5.41) is 9.54. The lowest BCUT2D eigenvalue weighted by atomic mass is 9.89. The van der Waals surface area contributed by atoms with E-state index in [-0.39, 0.29) is 6.10 Å². The van der Waals surface area contributed by atoms with Crippen LogP contribution in [0.3, 0.4) is 0 Å². The van der Waals surface area contributed by atoms with Gasteiger partial charge < -0.3 is 10.0 Å². The molecule has 0 aromatic carbocycles. The van der Waals surface area contributed by atoms with Gasteiger partial charge >= 0.3 is 0 Å². The second kappa shape index (κ2) is 2.89. The van der Waals surface area contributed by atoms with Gasteiger partial charge in [0.1, 0.15) is 0 Å². The van der Waals surface area contributed by atoms with Crippen molar-refractivity contribution in [3.05, 3.63) is 0 Å². The summed E-state index contributed by atoms with van der Waals surface area (Å²) >= 11 is 0. The van der Waals surface area contributed by atoms with Crippen molar-refractivity contribution in [1.29, 1.82) is 0 Å². The molecule has 1 saturated heterocycles. The predicted octanol–water partition coefficient (Wildman–Crippen LogP) is 0.565. The van der Waals surface area contributed by atoms with Crippen LogP contribution >= 0.6 is 0 Å². The maximum Gasteiger partial charge on any atom is 0.0615 e. The summed E-state index contributed by atoms with van der Waals surface area (Å²) in [7, 11) is 2.11. The summed E-state index contributed by atoms with van der Waals surface area (Å²) < 4.78 is 0. The van der Waals surface area contributed by atoms with E-state index < -0.39 is 0 Å². The number of aliphatic hydroxyl groups is 1. The van der Waals surface area contributed by atoms with Crippen molar-refractivity contribution in [3.8, 4) is 0 Å². The first kappa shape index (κ1) is 8.02. The SMILES string of the molecule is C[C@H]1CN(C)C[C@H](C)C1O. The maximum absolute atomic E-state index is 9.54. The molecule has 0 unspecified atom stereocenters. The zero-order valence-corrected chi connectivity index (χ0v) is 7.04. The average Bonchev–Trinajstić information content (AvgIpc) is 1.82. The van der Waals surface area contributed by atoms with Gasteiger partial charge in [-0.25, -0.2) is 0 Å². The van der Waals surface area contributed by atoms with Gasteiger partial charge in [-0.3, -0.25) is 0 Å². The molecule has 0 radical (unpaired) electrons. The molecule has 10 heavy (non-hydrogen) atoms. The molecule has 1 heterocycles. The Hall–Kier alpha value is -0.0800. The first-order valence-corrected chi connectivity index (χ1v) is 3.98. The Bertz CT molecular complexity index is 104. The van der Waals surface area contributed by atoms with Crippen molar-refractivity contribution in [2.24, 2.45) is 11.8 Å². The molecular formula is C8H17NO. The third-order valence-electron chi connectivity index (χ3n) is 2.37. The van der Waals surface area contributed by atoms with Gasteiger partial charge in [0.15, 0.2) is 0 Å². The van der Waals surface area contributed by atoms with Crippen molar-refractivity contribution in [2.75, 3.05) is 20.1 Å². The van der Waals surface area contributed by atoms with Crippen LogP contribution in [0, 0.1) is 11.8 Å². The lowest BCUT2D eigenvalue weighted by molar-refractivity contribution is 0.000996. The molecule has 0 spiro atoms. The maximum atomic E-state index is 9.54. The van der Waals surface area contributed by atoms with Crippen LogP contribution < -0.4 is 0 Å². The van der Waals surface area contributed by atoms with E-state index >= 15 is 0 Å². The highest BCUT2D eigenvalue weighted by atomic mass is 16.3. The third kappa shape index (κ3) is 1.50. The highest BCUT2D eigenvalue weighted by Crippen LogP contribution is 2.20. The molecule has 0 amide bonds. The van der Waals surface area contributed by atoms with E-state index in [0.29, 0.717) is 11.8 Å². The van der Waals surface area contributed by atoms with Crippen molar-refractivity contribution in [3.63, 3.8) is 0 Å². The molecule has 2 nitrogen and oxygen atoms in total. The Morgan fingerprint density at radius 2 is 1.60 bits per heavy atom. The van der Waals surface area contributed by atoms with E-state index in [0.717, 1.165) is 13.1 Å². The standard InChI is InChI=1S/C8H17NO/c1-6-4-9(3)5-7(2)8(6)10/h6-8,10H,4-5H2,1-3H3/t6-,7-/m0/s1. The Balaban J connectivity index is 2.49. The molecule has 1 aliphatic rings. The van der Waals surface area contributed by atoms with Crippen molar-refractivity contribution >= 4 is 0 Å². The first-order chi connectivity index (χ1) is 4.61.